The zero-order valence-corrected chi connectivity index (χ0v) is 16.1. The Bertz CT molecular complexity index is 748. The molecular formula is C19H22BrNO4. The molecule has 0 fully saturated rings. The number of methoxy groups -OCH3 is 2. The Morgan fingerprint density at radius 1 is 1.20 bits per heavy atom. The van der Waals surface area contributed by atoms with Gasteiger partial charge in [0.15, 0.2) is 0 Å². The standard InChI is InChI=1S/C19H22BrNO4/c1-12-10-13(20)4-7-16(12)21-19(23)9-8-17(22)15-6-5-14(24-2)11-18(15)25-3/h4-7,10-11,17,22H,8-9H2,1-3H3,(H,21,23). The number of aliphatic hydroxyl groups is 1. The molecule has 0 saturated heterocycles. The third-order valence-corrected chi connectivity index (χ3v) is 4.40. The van der Waals surface area contributed by atoms with Crippen molar-refractivity contribution in [3.8, 4) is 11.5 Å². The maximum absolute atomic E-state index is 12.2. The number of amides is 1. The molecule has 2 rings (SSSR count). The zero-order valence-electron chi connectivity index (χ0n) is 14.5. The predicted octanol–water partition coefficient (Wildman–Crippen LogP) is 4.23. The normalized spacial score (nSPS) is 11.7. The second-order valence-corrected chi connectivity index (χ2v) is 6.59. The molecule has 1 amide bonds. The van der Waals surface area contributed by atoms with Crippen molar-refractivity contribution in [2.24, 2.45) is 0 Å². The van der Waals surface area contributed by atoms with Crippen LogP contribution in [0.3, 0.4) is 0 Å². The summed E-state index contributed by atoms with van der Waals surface area (Å²) in [6, 6.07) is 10.9. The minimum absolute atomic E-state index is 0.142. The molecule has 0 aliphatic rings. The van der Waals surface area contributed by atoms with Gasteiger partial charge in [0.2, 0.25) is 5.91 Å². The number of carbonyl (C=O) groups is 1. The van der Waals surface area contributed by atoms with Crippen molar-refractivity contribution < 1.29 is 19.4 Å². The SMILES string of the molecule is COc1ccc(C(O)CCC(=O)Nc2ccc(Br)cc2C)c(OC)c1. The Kier molecular flexibility index (Phi) is 6.84. The third-order valence-electron chi connectivity index (χ3n) is 3.91. The van der Waals surface area contributed by atoms with Crippen molar-refractivity contribution >= 4 is 27.5 Å². The van der Waals surface area contributed by atoms with Crippen LogP contribution >= 0.6 is 15.9 Å². The van der Waals surface area contributed by atoms with Crippen LogP contribution in [0.4, 0.5) is 5.69 Å². The summed E-state index contributed by atoms with van der Waals surface area (Å²) in [6.45, 7) is 1.93. The first-order valence-corrected chi connectivity index (χ1v) is 8.70. The molecule has 1 unspecified atom stereocenters. The molecule has 134 valence electrons. The van der Waals surface area contributed by atoms with Gasteiger partial charge in [-0.25, -0.2) is 0 Å². The monoisotopic (exact) mass is 407 g/mol. The molecule has 0 saturated carbocycles. The van der Waals surface area contributed by atoms with Crippen LogP contribution in [0.1, 0.15) is 30.1 Å². The molecule has 0 radical (unpaired) electrons. The highest BCUT2D eigenvalue weighted by Crippen LogP contribution is 2.31. The summed E-state index contributed by atoms with van der Waals surface area (Å²) in [5, 5.41) is 13.3. The van der Waals surface area contributed by atoms with Crippen LogP contribution in [-0.4, -0.2) is 25.2 Å². The van der Waals surface area contributed by atoms with Crippen molar-refractivity contribution in [2.45, 2.75) is 25.9 Å². The molecule has 0 heterocycles. The Balaban J connectivity index is 1.97. The second-order valence-electron chi connectivity index (χ2n) is 5.67. The molecular weight excluding hydrogens is 386 g/mol. The minimum Gasteiger partial charge on any atom is -0.497 e. The maximum Gasteiger partial charge on any atom is 0.224 e. The molecule has 0 aromatic heterocycles. The van der Waals surface area contributed by atoms with E-state index in [-0.39, 0.29) is 12.3 Å². The van der Waals surface area contributed by atoms with Crippen molar-refractivity contribution in [3.63, 3.8) is 0 Å². The molecule has 0 aliphatic heterocycles. The van der Waals surface area contributed by atoms with Crippen molar-refractivity contribution in [3.05, 3.63) is 52.0 Å². The molecule has 5 nitrogen and oxygen atoms in total. The van der Waals surface area contributed by atoms with Gasteiger partial charge in [-0.1, -0.05) is 15.9 Å². The maximum atomic E-state index is 12.2. The topological polar surface area (TPSA) is 67.8 Å². The van der Waals surface area contributed by atoms with E-state index in [2.05, 4.69) is 21.2 Å². The molecule has 0 spiro atoms. The Morgan fingerprint density at radius 2 is 1.96 bits per heavy atom. The first-order chi connectivity index (χ1) is 11.9. The summed E-state index contributed by atoms with van der Waals surface area (Å²) >= 11 is 3.40. The number of carbonyl (C=O) groups excluding carboxylic acids is 1. The zero-order chi connectivity index (χ0) is 18.4. The van der Waals surface area contributed by atoms with Crippen molar-refractivity contribution in [1.82, 2.24) is 0 Å². The average molecular weight is 408 g/mol. The summed E-state index contributed by atoms with van der Waals surface area (Å²) in [5.74, 6) is 1.05. The summed E-state index contributed by atoms with van der Waals surface area (Å²) in [6.07, 6.45) is -0.298. The van der Waals surface area contributed by atoms with E-state index in [1.54, 1.807) is 25.3 Å². The summed E-state index contributed by atoms with van der Waals surface area (Å²) < 4.78 is 11.4. The van der Waals surface area contributed by atoms with Gasteiger partial charge >= 0.3 is 0 Å². The Hall–Kier alpha value is -2.05. The van der Waals surface area contributed by atoms with Crippen LogP contribution in [0.15, 0.2) is 40.9 Å². The van der Waals surface area contributed by atoms with E-state index in [1.165, 1.54) is 7.11 Å². The van der Waals surface area contributed by atoms with Gasteiger partial charge in [-0.3, -0.25) is 4.79 Å². The highest BCUT2D eigenvalue weighted by Gasteiger charge is 2.16. The lowest BCUT2D eigenvalue weighted by atomic mass is 10.0. The number of anilines is 1. The van der Waals surface area contributed by atoms with Gasteiger partial charge in [-0.15, -0.1) is 0 Å². The summed E-state index contributed by atoms with van der Waals surface area (Å²) in [5.41, 5.74) is 2.38. The summed E-state index contributed by atoms with van der Waals surface area (Å²) in [7, 11) is 3.10. The third kappa shape index (κ3) is 5.21. The van der Waals surface area contributed by atoms with E-state index in [4.69, 9.17) is 9.47 Å². The molecule has 1 atom stereocenters. The lowest BCUT2D eigenvalue weighted by Crippen LogP contribution is -2.14. The number of nitrogens with one attached hydrogen (secondary N) is 1. The quantitative estimate of drug-likeness (QED) is 0.720. The highest BCUT2D eigenvalue weighted by molar-refractivity contribution is 9.10. The molecule has 2 N–H and O–H groups in total. The van der Waals surface area contributed by atoms with E-state index < -0.39 is 6.10 Å². The molecule has 6 heteroatoms. The number of ether oxygens (including phenoxy) is 2. The highest BCUT2D eigenvalue weighted by atomic mass is 79.9. The number of hydrogen-bond acceptors (Lipinski definition) is 4. The van der Waals surface area contributed by atoms with Gasteiger partial charge in [-0.05, 0) is 49.2 Å². The van der Waals surface area contributed by atoms with E-state index >= 15 is 0 Å². The Labute approximate surface area is 156 Å². The van der Waals surface area contributed by atoms with Crippen LogP contribution in [0.25, 0.3) is 0 Å². The van der Waals surface area contributed by atoms with Gasteiger partial charge in [0.05, 0.1) is 20.3 Å². The largest absolute Gasteiger partial charge is 0.497 e. The van der Waals surface area contributed by atoms with Gasteiger partial charge < -0.3 is 19.9 Å². The van der Waals surface area contributed by atoms with Crippen molar-refractivity contribution in [2.75, 3.05) is 19.5 Å². The van der Waals surface area contributed by atoms with Crippen LogP contribution in [0.2, 0.25) is 0 Å². The van der Waals surface area contributed by atoms with Gasteiger partial charge in [0.25, 0.3) is 0 Å². The molecule has 0 bridgehead atoms. The van der Waals surface area contributed by atoms with Gasteiger partial charge in [0, 0.05) is 28.2 Å². The van der Waals surface area contributed by atoms with E-state index in [9.17, 15) is 9.90 Å². The molecule has 0 aliphatic carbocycles. The fraction of sp³-hybridized carbons (Fsp3) is 0.316. The lowest BCUT2D eigenvalue weighted by molar-refractivity contribution is -0.116. The summed E-state index contributed by atoms with van der Waals surface area (Å²) in [4.78, 5) is 12.2. The fourth-order valence-corrected chi connectivity index (χ4v) is 2.97. The first-order valence-electron chi connectivity index (χ1n) is 7.90. The van der Waals surface area contributed by atoms with E-state index in [1.807, 2.05) is 25.1 Å². The number of halogens is 1. The number of hydrogen-bond donors (Lipinski definition) is 2. The van der Waals surface area contributed by atoms with Crippen LogP contribution in [-0.2, 0) is 4.79 Å². The van der Waals surface area contributed by atoms with Crippen LogP contribution in [0, 0.1) is 6.92 Å². The van der Waals surface area contributed by atoms with E-state index in [0.717, 1.165) is 15.7 Å². The molecule has 2 aromatic carbocycles. The second kappa shape index (κ2) is 8.87. The van der Waals surface area contributed by atoms with E-state index in [0.29, 0.717) is 23.5 Å². The molecule has 25 heavy (non-hydrogen) atoms. The number of rotatable bonds is 7. The number of aliphatic hydroxyl groups excluding tert-OH is 1. The number of benzene rings is 2. The van der Waals surface area contributed by atoms with Gasteiger partial charge in [0.1, 0.15) is 11.5 Å². The predicted molar refractivity (Wildman–Crippen MR) is 101 cm³/mol. The Morgan fingerprint density at radius 3 is 2.60 bits per heavy atom. The first kappa shape index (κ1) is 19.3. The lowest BCUT2D eigenvalue weighted by Gasteiger charge is -2.16. The fourth-order valence-electron chi connectivity index (χ4n) is 2.50. The minimum atomic E-state index is -0.794. The number of aryl methyl sites for hydroxylation is 1. The van der Waals surface area contributed by atoms with Gasteiger partial charge in [-0.2, -0.15) is 0 Å². The van der Waals surface area contributed by atoms with Crippen LogP contribution in [0.5, 0.6) is 11.5 Å². The smallest absolute Gasteiger partial charge is 0.224 e. The van der Waals surface area contributed by atoms with Crippen LogP contribution < -0.4 is 14.8 Å². The average Bonchev–Trinajstić information content (AvgIpc) is 2.61. The molecule has 2 aromatic rings. The van der Waals surface area contributed by atoms with Crippen molar-refractivity contribution in [1.29, 1.82) is 0 Å².